The van der Waals surface area contributed by atoms with E-state index in [4.69, 9.17) is 26.1 Å². The molecular formula is C23H29N7O2. The maximum absolute atomic E-state index is 7.80. The summed E-state index contributed by atoms with van der Waals surface area (Å²) in [5.41, 5.74) is 1.90. The number of aromatic nitrogens is 5. The predicted molar refractivity (Wildman–Crippen MR) is 120 cm³/mol. The first-order valence-corrected chi connectivity index (χ1v) is 11.3. The smallest absolute Gasteiger partial charge is 0.254 e. The Labute approximate surface area is 187 Å². The lowest BCUT2D eigenvalue weighted by Crippen LogP contribution is -2.44. The largest absolute Gasteiger partial charge is 0.377 e. The second-order valence-electron chi connectivity index (χ2n) is 9.07. The van der Waals surface area contributed by atoms with Crippen LogP contribution in [0.15, 0.2) is 24.5 Å². The molecule has 0 bridgehead atoms. The van der Waals surface area contributed by atoms with Crippen LogP contribution in [-0.4, -0.2) is 56.8 Å². The minimum Gasteiger partial charge on any atom is -0.377 e. The van der Waals surface area contributed by atoms with Crippen LogP contribution in [0.3, 0.4) is 0 Å². The molecule has 2 saturated heterocycles. The number of fused-ring (bicyclic) bond motifs is 1. The Hall–Kier alpha value is -2.96. The lowest BCUT2D eigenvalue weighted by Gasteiger charge is -2.34. The maximum atomic E-state index is 7.80. The number of nitrogens with zero attached hydrogens (tertiary/aromatic N) is 7. The van der Waals surface area contributed by atoms with E-state index in [1.807, 2.05) is 41.4 Å². The average molecular weight is 436 g/mol. The van der Waals surface area contributed by atoms with E-state index in [0.29, 0.717) is 19.0 Å². The molecule has 9 heteroatoms. The van der Waals surface area contributed by atoms with Gasteiger partial charge in [-0.05, 0) is 38.3 Å². The van der Waals surface area contributed by atoms with Crippen molar-refractivity contribution in [3.8, 4) is 11.5 Å². The van der Waals surface area contributed by atoms with Crippen molar-refractivity contribution < 1.29 is 9.47 Å². The van der Waals surface area contributed by atoms with E-state index in [1.54, 1.807) is 6.20 Å². The van der Waals surface area contributed by atoms with Crippen molar-refractivity contribution in [3.05, 3.63) is 41.5 Å². The van der Waals surface area contributed by atoms with Crippen LogP contribution < -0.4 is 4.90 Å². The van der Waals surface area contributed by atoms with Crippen LogP contribution in [0.25, 0.3) is 21.9 Å². The molecule has 5 heterocycles. The van der Waals surface area contributed by atoms with Crippen LogP contribution in [-0.2, 0) is 15.0 Å². The van der Waals surface area contributed by atoms with Crippen molar-refractivity contribution in [2.24, 2.45) is 0 Å². The third kappa shape index (κ3) is 3.53. The van der Waals surface area contributed by atoms with Gasteiger partial charge < -0.3 is 19.2 Å². The summed E-state index contributed by atoms with van der Waals surface area (Å²) in [5, 5.41) is 9.55. The minimum absolute atomic E-state index is 0.0947. The van der Waals surface area contributed by atoms with Crippen molar-refractivity contribution in [2.45, 2.75) is 57.8 Å². The third-order valence-corrected chi connectivity index (χ3v) is 6.42. The Morgan fingerprint density at radius 3 is 2.88 bits per heavy atom. The quantitative estimate of drug-likeness (QED) is 0.582. The van der Waals surface area contributed by atoms with Gasteiger partial charge in [-0.25, -0.2) is 20.8 Å². The highest BCUT2D eigenvalue weighted by Gasteiger charge is 2.33. The third-order valence-electron chi connectivity index (χ3n) is 6.42. The van der Waals surface area contributed by atoms with E-state index >= 15 is 0 Å². The monoisotopic (exact) mass is 435 g/mol. The molecule has 2 aliphatic rings. The van der Waals surface area contributed by atoms with Gasteiger partial charge >= 0.3 is 0 Å². The van der Waals surface area contributed by atoms with Crippen LogP contribution in [0, 0.1) is 6.57 Å². The van der Waals surface area contributed by atoms with Gasteiger partial charge in [-0.2, -0.15) is 5.10 Å². The van der Waals surface area contributed by atoms with E-state index < -0.39 is 5.54 Å². The number of hydrogen-bond acceptors (Lipinski definition) is 6. The normalized spacial score (nSPS) is 22.2. The molecule has 2 aliphatic heterocycles. The zero-order valence-corrected chi connectivity index (χ0v) is 18.9. The highest BCUT2D eigenvalue weighted by atomic mass is 16.5. The topological polar surface area (TPSA) is 74.1 Å². The van der Waals surface area contributed by atoms with Crippen molar-refractivity contribution >= 4 is 11.3 Å². The molecule has 0 saturated carbocycles. The standard InChI is InChI=1S/C23H29N7O2/c1-16-15-31-12-10-28(16)20-13-17(23(2,3)24-4)19-14-25-22(30(19)27-20)18-8-9-26-29(18)21-7-5-6-11-32-21/h8-9,13-14,16,21H,5-7,10-12,15H2,1-3H3/t16-,21?/m1/s1. The van der Waals surface area contributed by atoms with Crippen molar-refractivity contribution in [2.75, 3.05) is 31.3 Å². The van der Waals surface area contributed by atoms with Gasteiger partial charge in [0, 0.05) is 33.2 Å². The van der Waals surface area contributed by atoms with Gasteiger partial charge in [0.1, 0.15) is 5.69 Å². The lowest BCUT2D eigenvalue weighted by atomic mass is 9.95. The van der Waals surface area contributed by atoms with Crippen LogP contribution >= 0.6 is 0 Å². The summed E-state index contributed by atoms with van der Waals surface area (Å²) in [5.74, 6) is 1.54. The van der Waals surface area contributed by atoms with Crippen molar-refractivity contribution in [1.29, 1.82) is 0 Å². The second kappa shape index (κ2) is 8.19. The summed E-state index contributed by atoms with van der Waals surface area (Å²) in [4.78, 5) is 10.9. The fourth-order valence-corrected chi connectivity index (χ4v) is 4.54. The molecule has 1 unspecified atom stereocenters. The van der Waals surface area contributed by atoms with Gasteiger partial charge in [-0.3, -0.25) is 0 Å². The number of anilines is 1. The van der Waals surface area contributed by atoms with Gasteiger partial charge in [-0.15, -0.1) is 5.10 Å². The van der Waals surface area contributed by atoms with Crippen molar-refractivity contribution in [3.63, 3.8) is 0 Å². The Bertz CT molecular complexity index is 1150. The zero-order valence-electron chi connectivity index (χ0n) is 18.9. The van der Waals surface area contributed by atoms with Gasteiger partial charge in [0.2, 0.25) is 0 Å². The number of rotatable bonds is 4. The fraction of sp³-hybridized carbons (Fsp3) is 0.565. The molecule has 0 spiro atoms. The Morgan fingerprint density at radius 2 is 2.12 bits per heavy atom. The van der Waals surface area contributed by atoms with Crippen LogP contribution in [0.5, 0.6) is 0 Å². The molecule has 2 atom stereocenters. The van der Waals surface area contributed by atoms with Gasteiger partial charge in [0.05, 0.1) is 36.5 Å². The summed E-state index contributed by atoms with van der Waals surface area (Å²) in [6, 6.07) is 4.20. The summed E-state index contributed by atoms with van der Waals surface area (Å²) >= 11 is 0. The summed E-state index contributed by atoms with van der Waals surface area (Å²) in [6.07, 6.45) is 6.63. The molecule has 9 nitrogen and oxygen atoms in total. The minimum atomic E-state index is -0.710. The highest BCUT2D eigenvalue weighted by molar-refractivity contribution is 5.66. The van der Waals surface area contributed by atoms with Crippen molar-refractivity contribution in [1.82, 2.24) is 24.4 Å². The molecule has 32 heavy (non-hydrogen) atoms. The first-order chi connectivity index (χ1) is 15.5. The number of hydrogen-bond donors (Lipinski definition) is 0. The Balaban J connectivity index is 1.68. The number of imidazole rings is 1. The van der Waals surface area contributed by atoms with Crippen LogP contribution in [0.2, 0.25) is 0 Å². The van der Waals surface area contributed by atoms with Crippen LogP contribution in [0.4, 0.5) is 5.82 Å². The van der Waals surface area contributed by atoms with E-state index in [9.17, 15) is 0 Å². The first kappa shape index (κ1) is 20.9. The Morgan fingerprint density at radius 1 is 1.25 bits per heavy atom. The molecule has 0 radical (unpaired) electrons. The first-order valence-electron chi connectivity index (χ1n) is 11.3. The molecule has 3 aromatic rings. The predicted octanol–water partition coefficient (Wildman–Crippen LogP) is 3.67. The molecule has 3 aromatic heterocycles. The second-order valence-corrected chi connectivity index (χ2v) is 9.07. The summed E-state index contributed by atoms with van der Waals surface area (Å²) < 4.78 is 15.4. The van der Waals surface area contributed by atoms with E-state index in [0.717, 1.165) is 55.0 Å². The zero-order chi connectivity index (χ0) is 22.3. The maximum Gasteiger partial charge on any atom is 0.254 e. The van der Waals surface area contributed by atoms with Crippen LogP contribution in [0.1, 0.15) is 51.8 Å². The van der Waals surface area contributed by atoms with E-state index in [1.165, 1.54) is 0 Å². The fourth-order valence-electron chi connectivity index (χ4n) is 4.54. The van der Waals surface area contributed by atoms with Gasteiger partial charge in [-0.1, -0.05) is 0 Å². The molecule has 5 rings (SSSR count). The van der Waals surface area contributed by atoms with E-state index in [-0.39, 0.29) is 12.3 Å². The molecular weight excluding hydrogens is 406 g/mol. The SMILES string of the molecule is [C-]#[N+]C(C)(C)c1cc(N2CCOC[C@H]2C)nn2c(-c3ccnn3C3CCCCO3)ncc12. The number of morpholine rings is 1. The molecule has 168 valence electrons. The molecule has 0 amide bonds. The molecule has 2 fully saturated rings. The lowest BCUT2D eigenvalue weighted by molar-refractivity contribution is -0.0384. The summed E-state index contributed by atoms with van der Waals surface area (Å²) in [6.45, 7) is 16.6. The highest BCUT2D eigenvalue weighted by Crippen LogP contribution is 2.34. The van der Waals surface area contributed by atoms with Gasteiger partial charge in [0.15, 0.2) is 17.9 Å². The molecule has 0 aliphatic carbocycles. The average Bonchev–Trinajstić information content (AvgIpc) is 3.46. The molecule has 0 aromatic carbocycles. The van der Waals surface area contributed by atoms with E-state index in [2.05, 4.69) is 21.8 Å². The Kier molecular flexibility index (Phi) is 5.35. The number of ether oxygens (including phenoxy) is 2. The van der Waals surface area contributed by atoms with Gasteiger partial charge in [0.25, 0.3) is 5.54 Å². The molecule has 0 N–H and O–H groups in total. The summed E-state index contributed by atoms with van der Waals surface area (Å²) in [7, 11) is 0.